The molecule has 0 radical (unpaired) electrons. The molecule has 18 heavy (non-hydrogen) atoms. The fourth-order valence-corrected chi connectivity index (χ4v) is 1.35. The van der Waals surface area contributed by atoms with Gasteiger partial charge in [0, 0.05) is 5.69 Å². The van der Waals surface area contributed by atoms with Gasteiger partial charge in [0.15, 0.2) is 0 Å². The summed E-state index contributed by atoms with van der Waals surface area (Å²) >= 11 is 0. The Morgan fingerprint density at radius 1 is 0.833 bits per heavy atom. The number of hydrogen-bond donors (Lipinski definition) is 0. The van der Waals surface area contributed by atoms with E-state index in [4.69, 9.17) is 0 Å². The second kappa shape index (κ2) is 11.4. The van der Waals surface area contributed by atoms with Crippen LogP contribution in [0.2, 0.25) is 0 Å². The minimum atomic E-state index is 0. The SMILES string of the molecule is [CH2-]CN(C[CH2-])c1ccccc1.[Y+3].[c-]1ccccc1. The molecular weight excluding hydrogens is 295 g/mol. The first-order chi connectivity index (χ1) is 8.38. The molecule has 0 fully saturated rings. The van der Waals surface area contributed by atoms with Gasteiger partial charge in [-0.05, 0) is 12.1 Å². The van der Waals surface area contributed by atoms with Crippen LogP contribution in [-0.4, -0.2) is 13.1 Å². The van der Waals surface area contributed by atoms with Gasteiger partial charge in [0.05, 0.1) is 0 Å². The molecule has 1 nitrogen and oxygen atoms in total. The van der Waals surface area contributed by atoms with Crippen LogP contribution in [0.1, 0.15) is 0 Å². The van der Waals surface area contributed by atoms with Crippen LogP contribution in [0, 0.1) is 19.9 Å². The van der Waals surface area contributed by atoms with Crippen molar-refractivity contribution in [3.63, 3.8) is 0 Å². The maximum Gasteiger partial charge on any atom is 3.00 e. The molecule has 0 saturated heterocycles. The van der Waals surface area contributed by atoms with E-state index in [1.165, 1.54) is 5.69 Å². The molecule has 0 atom stereocenters. The van der Waals surface area contributed by atoms with Crippen molar-refractivity contribution in [1.29, 1.82) is 0 Å². The predicted molar refractivity (Wildman–Crippen MR) is 74.6 cm³/mol. The van der Waals surface area contributed by atoms with E-state index >= 15 is 0 Å². The summed E-state index contributed by atoms with van der Waals surface area (Å²) in [7, 11) is 0. The number of hydrogen-bond acceptors (Lipinski definition) is 1. The molecule has 2 aromatic carbocycles. The number of nitrogens with zero attached hydrogens (tertiary/aromatic N) is 1. The van der Waals surface area contributed by atoms with Crippen LogP contribution in [0.4, 0.5) is 5.69 Å². The molecule has 2 heteroatoms. The minimum Gasteiger partial charge on any atom is -0.432 e. The summed E-state index contributed by atoms with van der Waals surface area (Å²) < 4.78 is 0. The van der Waals surface area contributed by atoms with Gasteiger partial charge < -0.3 is 18.7 Å². The van der Waals surface area contributed by atoms with Crippen LogP contribution >= 0.6 is 0 Å². The molecule has 0 aliphatic heterocycles. The second-order valence-corrected chi connectivity index (χ2v) is 3.40. The summed E-state index contributed by atoms with van der Waals surface area (Å²) in [5.74, 6) is 0. The van der Waals surface area contributed by atoms with Crippen molar-refractivity contribution in [3.8, 4) is 0 Å². The van der Waals surface area contributed by atoms with Gasteiger partial charge in [0.1, 0.15) is 0 Å². The molecule has 90 valence electrons. The molecular formula is C16H18NY. The Kier molecular flexibility index (Phi) is 11.0. The zero-order valence-corrected chi connectivity index (χ0v) is 13.5. The molecule has 0 N–H and O–H groups in total. The van der Waals surface area contributed by atoms with Gasteiger partial charge >= 0.3 is 32.7 Å². The van der Waals surface area contributed by atoms with Crippen molar-refractivity contribution >= 4 is 5.69 Å². The Morgan fingerprint density at radius 3 is 1.67 bits per heavy atom. The van der Waals surface area contributed by atoms with Crippen LogP contribution in [0.3, 0.4) is 0 Å². The van der Waals surface area contributed by atoms with Crippen LogP contribution in [-0.2, 0) is 32.7 Å². The van der Waals surface area contributed by atoms with E-state index < -0.39 is 0 Å². The normalized spacial score (nSPS) is 8.56. The third-order valence-corrected chi connectivity index (χ3v) is 2.27. The number of para-hydroxylation sites is 1. The molecule has 0 bridgehead atoms. The zero-order chi connectivity index (χ0) is 12.3. The van der Waals surface area contributed by atoms with Crippen molar-refractivity contribution in [2.45, 2.75) is 0 Å². The van der Waals surface area contributed by atoms with Gasteiger partial charge in [0.2, 0.25) is 0 Å². The monoisotopic (exact) mass is 313 g/mol. The van der Waals surface area contributed by atoms with Gasteiger partial charge in [0.25, 0.3) is 0 Å². The predicted octanol–water partition coefficient (Wildman–Crippen LogP) is 3.65. The number of rotatable bonds is 3. The molecule has 0 aromatic heterocycles. The van der Waals surface area contributed by atoms with Crippen molar-refractivity contribution < 1.29 is 32.7 Å². The molecule has 0 amide bonds. The molecule has 2 aromatic rings. The quantitative estimate of drug-likeness (QED) is 0.782. The van der Waals surface area contributed by atoms with Gasteiger partial charge in [-0.25, -0.2) is 0 Å². The molecule has 0 saturated carbocycles. The van der Waals surface area contributed by atoms with Crippen molar-refractivity contribution in [2.75, 3.05) is 18.0 Å². The fraction of sp³-hybridized carbons (Fsp3) is 0.125. The topological polar surface area (TPSA) is 3.24 Å². The molecule has 0 unspecified atom stereocenters. The van der Waals surface area contributed by atoms with Gasteiger partial charge in [-0.2, -0.15) is 36.4 Å². The van der Waals surface area contributed by atoms with Crippen molar-refractivity contribution in [3.05, 3.63) is 80.6 Å². The smallest absolute Gasteiger partial charge is 0.432 e. The maximum absolute atomic E-state index is 3.82. The molecule has 0 spiro atoms. The molecule has 0 aliphatic rings. The molecule has 0 aliphatic carbocycles. The van der Waals surface area contributed by atoms with E-state index in [1.54, 1.807) is 0 Å². The van der Waals surface area contributed by atoms with Gasteiger partial charge in [-0.1, -0.05) is 18.2 Å². The largest absolute Gasteiger partial charge is 3.00 e. The summed E-state index contributed by atoms with van der Waals surface area (Å²) in [6, 6.07) is 22.7. The summed E-state index contributed by atoms with van der Waals surface area (Å²) in [6.45, 7) is 9.18. The third kappa shape index (κ3) is 6.93. The van der Waals surface area contributed by atoms with E-state index in [9.17, 15) is 0 Å². The van der Waals surface area contributed by atoms with E-state index in [2.05, 4.69) is 36.9 Å². The van der Waals surface area contributed by atoms with E-state index in [-0.39, 0.29) is 32.7 Å². The minimum absolute atomic E-state index is 0. The van der Waals surface area contributed by atoms with E-state index in [0.717, 1.165) is 13.1 Å². The van der Waals surface area contributed by atoms with Crippen molar-refractivity contribution in [1.82, 2.24) is 0 Å². The van der Waals surface area contributed by atoms with Gasteiger partial charge in [-0.3, -0.25) is 0 Å². The Bertz CT molecular complexity index is 344. The zero-order valence-electron chi connectivity index (χ0n) is 10.6. The fourth-order valence-electron chi connectivity index (χ4n) is 1.35. The maximum atomic E-state index is 3.82. The Balaban J connectivity index is 0.000000352. The average Bonchev–Trinajstić information content (AvgIpc) is 2.44. The molecule has 0 heterocycles. The Morgan fingerprint density at radius 2 is 1.33 bits per heavy atom. The van der Waals surface area contributed by atoms with Crippen LogP contribution in [0.15, 0.2) is 60.7 Å². The first kappa shape index (κ1) is 17.3. The van der Waals surface area contributed by atoms with Gasteiger partial charge in [-0.15, -0.1) is 13.1 Å². The van der Waals surface area contributed by atoms with Crippen molar-refractivity contribution in [2.24, 2.45) is 0 Å². The Hall–Kier alpha value is -0.656. The first-order valence-electron chi connectivity index (χ1n) is 5.68. The number of anilines is 1. The summed E-state index contributed by atoms with van der Waals surface area (Å²) in [5, 5.41) is 0. The summed E-state index contributed by atoms with van der Waals surface area (Å²) in [4.78, 5) is 2.11. The average molecular weight is 313 g/mol. The first-order valence-corrected chi connectivity index (χ1v) is 5.68. The summed E-state index contributed by atoms with van der Waals surface area (Å²) in [6.07, 6.45) is 0. The van der Waals surface area contributed by atoms with E-state index in [1.807, 2.05) is 48.5 Å². The van der Waals surface area contributed by atoms with Crippen LogP contribution < -0.4 is 4.90 Å². The number of benzene rings is 2. The summed E-state index contributed by atoms with van der Waals surface area (Å²) in [5.41, 5.74) is 1.19. The second-order valence-electron chi connectivity index (χ2n) is 3.40. The Labute approximate surface area is 136 Å². The standard InChI is InChI=1S/C10H13N.C6H5.Y/c1-3-11(4-2)10-8-6-5-7-9-10;1-2-4-6-5-3-1;/h5-9H,1-4H2;1-5H;/q-2;-1;+3. The van der Waals surface area contributed by atoms with Crippen LogP contribution in [0.5, 0.6) is 0 Å². The molecule has 2 rings (SSSR count). The van der Waals surface area contributed by atoms with E-state index in [0.29, 0.717) is 0 Å². The van der Waals surface area contributed by atoms with Crippen LogP contribution in [0.25, 0.3) is 0 Å². The third-order valence-electron chi connectivity index (χ3n) is 2.27.